The molecule has 0 aliphatic carbocycles. The normalized spacial score (nSPS) is 18.2. The number of aromatic nitrogens is 2. The lowest BCUT2D eigenvalue weighted by Gasteiger charge is -2.34. The van der Waals surface area contributed by atoms with Gasteiger partial charge in [0.2, 0.25) is 0 Å². The summed E-state index contributed by atoms with van der Waals surface area (Å²) in [7, 11) is -1.86. The highest BCUT2D eigenvalue weighted by Crippen LogP contribution is 2.29. The SMILES string of the molecule is C=Cc1c2cccc(N[C@@H]3CCN(CC)C[C@@H]3F)c2nn1C#CCNc1ccc(S(C)(=O)=O)cc1OC. The number of hydrogen-bond donors (Lipinski definition) is 2. The van der Waals surface area contributed by atoms with Crippen molar-refractivity contribution in [3.05, 3.63) is 48.7 Å². The van der Waals surface area contributed by atoms with Crippen LogP contribution in [-0.4, -0.2) is 74.9 Å². The second-order valence-corrected chi connectivity index (χ2v) is 10.9. The van der Waals surface area contributed by atoms with E-state index in [0.29, 0.717) is 23.5 Å². The van der Waals surface area contributed by atoms with E-state index in [2.05, 4.69) is 39.2 Å². The van der Waals surface area contributed by atoms with Crippen LogP contribution in [0.25, 0.3) is 17.0 Å². The largest absolute Gasteiger partial charge is 0.495 e. The number of methoxy groups -OCH3 is 1. The highest BCUT2D eigenvalue weighted by molar-refractivity contribution is 7.90. The van der Waals surface area contributed by atoms with Gasteiger partial charge in [0, 0.05) is 36.8 Å². The Hall–Kier alpha value is -3.55. The van der Waals surface area contributed by atoms with Crippen LogP contribution >= 0.6 is 0 Å². The molecule has 2 atom stereocenters. The predicted octanol–water partition coefficient (Wildman–Crippen LogP) is 3.86. The second-order valence-electron chi connectivity index (χ2n) is 8.93. The molecule has 1 fully saturated rings. The molecule has 10 heteroatoms. The van der Waals surface area contributed by atoms with Gasteiger partial charge >= 0.3 is 0 Å². The van der Waals surface area contributed by atoms with Gasteiger partial charge in [0.15, 0.2) is 9.84 Å². The third-order valence-electron chi connectivity index (χ3n) is 6.50. The van der Waals surface area contributed by atoms with E-state index in [4.69, 9.17) is 4.74 Å². The molecule has 4 rings (SSSR count). The van der Waals surface area contributed by atoms with Crippen LogP contribution in [0, 0.1) is 12.0 Å². The average Bonchev–Trinajstić information content (AvgIpc) is 3.25. The molecule has 1 aliphatic rings. The minimum atomic E-state index is -3.34. The Labute approximate surface area is 217 Å². The van der Waals surface area contributed by atoms with Gasteiger partial charge in [0.05, 0.1) is 41.7 Å². The number of nitrogens with one attached hydrogen (secondary N) is 2. The molecular formula is C27H32FN5O3S. The Morgan fingerprint density at radius 1 is 1.30 bits per heavy atom. The number of halogens is 1. The number of benzene rings is 2. The molecule has 0 bridgehead atoms. The number of anilines is 2. The first-order valence-electron chi connectivity index (χ1n) is 12.1. The topological polar surface area (TPSA) is 88.5 Å². The van der Waals surface area contributed by atoms with Gasteiger partial charge in [-0.2, -0.15) is 9.78 Å². The van der Waals surface area contributed by atoms with Crippen LogP contribution in [0.5, 0.6) is 5.75 Å². The van der Waals surface area contributed by atoms with Crippen LogP contribution in [0.15, 0.2) is 47.9 Å². The van der Waals surface area contributed by atoms with E-state index in [0.717, 1.165) is 42.5 Å². The fraction of sp³-hybridized carbons (Fsp3) is 0.370. The summed E-state index contributed by atoms with van der Waals surface area (Å²) in [5, 5.41) is 12.1. The van der Waals surface area contributed by atoms with E-state index in [1.807, 2.05) is 25.1 Å². The van der Waals surface area contributed by atoms with Crippen molar-refractivity contribution in [2.75, 3.05) is 50.2 Å². The van der Waals surface area contributed by atoms with Gasteiger partial charge in [-0.25, -0.2) is 12.8 Å². The van der Waals surface area contributed by atoms with Crippen molar-refractivity contribution in [1.29, 1.82) is 0 Å². The lowest BCUT2D eigenvalue weighted by molar-refractivity contribution is 0.132. The first-order valence-corrected chi connectivity index (χ1v) is 14.0. The molecule has 3 aromatic rings. The molecule has 2 aromatic carbocycles. The monoisotopic (exact) mass is 525 g/mol. The van der Waals surface area contributed by atoms with Crippen LogP contribution in [0.3, 0.4) is 0 Å². The van der Waals surface area contributed by atoms with Gasteiger partial charge in [-0.3, -0.25) is 0 Å². The molecular weight excluding hydrogens is 493 g/mol. The molecule has 8 nitrogen and oxygen atoms in total. The number of piperidine rings is 1. The van der Waals surface area contributed by atoms with E-state index >= 15 is 0 Å². The number of rotatable bonds is 8. The van der Waals surface area contributed by atoms with E-state index in [1.54, 1.807) is 16.8 Å². The number of alkyl halides is 1. The summed E-state index contributed by atoms with van der Waals surface area (Å²) in [6, 6.07) is 13.2. The highest BCUT2D eigenvalue weighted by Gasteiger charge is 2.29. The van der Waals surface area contributed by atoms with Crippen molar-refractivity contribution < 1.29 is 17.5 Å². The van der Waals surface area contributed by atoms with Gasteiger partial charge in [-0.05, 0) is 37.2 Å². The highest BCUT2D eigenvalue weighted by atomic mass is 32.2. The van der Waals surface area contributed by atoms with Crippen molar-refractivity contribution >= 4 is 38.2 Å². The number of hydrogen-bond acceptors (Lipinski definition) is 7. The summed E-state index contributed by atoms with van der Waals surface area (Å²) in [6.45, 7) is 8.37. The summed E-state index contributed by atoms with van der Waals surface area (Å²) in [6.07, 6.45) is 2.61. The molecule has 37 heavy (non-hydrogen) atoms. The standard InChI is InChI=1S/C27H32FN5O3S/c1-5-25-20-9-7-10-24(30-22-13-16-32(6-2)18-21(22)28)27(20)31-33(25)15-8-14-29-23-12-11-19(37(4,34)35)17-26(23)36-3/h5,7,9-12,17,21-22,29-30H,1,6,13-14,16,18H2,2-4H3/t21-,22+/m0/s1. The summed E-state index contributed by atoms with van der Waals surface area (Å²) in [4.78, 5) is 2.30. The first kappa shape index (κ1) is 26.5. The zero-order valence-corrected chi connectivity index (χ0v) is 22.1. The molecule has 1 aliphatic heterocycles. The lowest BCUT2D eigenvalue weighted by Crippen LogP contribution is -2.47. The molecule has 0 spiro atoms. The maximum absolute atomic E-state index is 14.8. The molecule has 2 heterocycles. The van der Waals surface area contributed by atoms with Crippen LogP contribution in [0.1, 0.15) is 19.0 Å². The van der Waals surface area contributed by atoms with Crippen LogP contribution in [0.2, 0.25) is 0 Å². The summed E-state index contributed by atoms with van der Waals surface area (Å²) in [5.74, 6) is 3.44. The van der Waals surface area contributed by atoms with E-state index in [9.17, 15) is 12.8 Å². The van der Waals surface area contributed by atoms with Gasteiger partial charge in [-0.15, -0.1) is 0 Å². The summed E-state index contributed by atoms with van der Waals surface area (Å²) in [5.41, 5.74) is 2.86. The number of nitrogens with zero attached hydrogens (tertiary/aromatic N) is 3. The van der Waals surface area contributed by atoms with Crippen LogP contribution < -0.4 is 15.4 Å². The molecule has 0 unspecified atom stereocenters. The molecule has 196 valence electrons. The zero-order chi connectivity index (χ0) is 26.6. The van der Waals surface area contributed by atoms with Crippen molar-refractivity contribution in [3.63, 3.8) is 0 Å². The van der Waals surface area contributed by atoms with Crippen molar-refractivity contribution in [3.8, 4) is 17.7 Å². The van der Waals surface area contributed by atoms with Crippen molar-refractivity contribution in [2.24, 2.45) is 0 Å². The number of ether oxygens (including phenoxy) is 1. The second kappa shape index (κ2) is 11.2. The van der Waals surface area contributed by atoms with E-state index < -0.39 is 16.0 Å². The smallest absolute Gasteiger partial charge is 0.175 e. The fourth-order valence-electron chi connectivity index (χ4n) is 4.44. The van der Waals surface area contributed by atoms with Gasteiger partial charge < -0.3 is 20.3 Å². The van der Waals surface area contributed by atoms with Crippen LogP contribution in [-0.2, 0) is 9.84 Å². The average molecular weight is 526 g/mol. The Bertz CT molecular complexity index is 1460. The Kier molecular flexibility index (Phi) is 8.05. The molecule has 0 amide bonds. The Morgan fingerprint density at radius 3 is 2.78 bits per heavy atom. The zero-order valence-electron chi connectivity index (χ0n) is 21.3. The Balaban J connectivity index is 1.53. The molecule has 0 saturated carbocycles. The maximum Gasteiger partial charge on any atom is 0.175 e. The van der Waals surface area contributed by atoms with Crippen molar-refractivity contribution in [2.45, 2.75) is 30.5 Å². The lowest BCUT2D eigenvalue weighted by atomic mass is 10.0. The van der Waals surface area contributed by atoms with Gasteiger partial charge in [-0.1, -0.05) is 31.6 Å². The third-order valence-corrected chi connectivity index (χ3v) is 7.61. The molecule has 1 saturated heterocycles. The maximum atomic E-state index is 14.8. The molecule has 2 N–H and O–H groups in total. The summed E-state index contributed by atoms with van der Waals surface area (Å²) < 4.78 is 45.3. The van der Waals surface area contributed by atoms with Gasteiger partial charge in [0.25, 0.3) is 0 Å². The fourth-order valence-corrected chi connectivity index (χ4v) is 5.08. The quantitative estimate of drug-likeness (QED) is 0.432. The molecule has 0 radical (unpaired) electrons. The Morgan fingerprint density at radius 2 is 2.11 bits per heavy atom. The number of sulfone groups is 1. The van der Waals surface area contributed by atoms with Crippen LogP contribution in [0.4, 0.5) is 15.8 Å². The van der Waals surface area contributed by atoms with E-state index in [-0.39, 0.29) is 17.5 Å². The minimum absolute atomic E-state index is 0.180. The van der Waals surface area contributed by atoms with Gasteiger partial charge in [0.1, 0.15) is 17.4 Å². The predicted molar refractivity (Wildman–Crippen MR) is 147 cm³/mol. The number of fused-ring (bicyclic) bond motifs is 1. The summed E-state index contributed by atoms with van der Waals surface area (Å²) >= 11 is 0. The minimum Gasteiger partial charge on any atom is -0.495 e. The number of likely N-dealkylation sites (tertiary alicyclic amines) is 1. The van der Waals surface area contributed by atoms with E-state index in [1.165, 1.54) is 19.2 Å². The van der Waals surface area contributed by atoms with Crippen molar-refractivity contribution in [1.82, 2.24) is 14.7 Å². The first-order chi connectivity index (χ1) is 17.7. The third kappa shape index (κ3) is 5.89. The molecule has 1 aromatic heterocycles.